The minimum absolute atomic E-state index is 0.0216. The molecule has 1 N–H and O–H groups in total. The molecule has 0 radical (unpaired) electrons. The monoisotopic (exact) mass is 347 g/mol. The Bertz CT molecular complexity index is 776. The number of hydrogen-bond acceptors (Lipinski definition) is 6. The van der Waals surface area contributed by atoms with Crippen molar-refractivity contribution in [3.05, 3.63) is 35.1 Å². The molecular formula is C16H17N3O4S. The molecule has 1 aliphatic rings. The van der Waals surface area contributed by atoms with Gasteiger partial charge in [0.1, 0.15) is 0 Å². The van der Waals surface area contributed by atoms with Crippen molar-refractivity contribution in [2.75, 3.05) is 11.9 Å². The Morgan fingerprint density at radius 2 is 2.21 bits per heavy atom. The number of amides is 1. The summed E-state index contributed by atoms with van der Waals surface area (Å²) in [6.07, 6.45) is 3.56. The molecule has 0 unspecified atom stereocenters. The van der Waals surface area contributed by atoms with Crippen LogP contribution < -0.4 is 5.32 Å². The third-order valence-electron chi connectivity index (χ3n) is 3.65. The molecule has 2 aromatic heterocycles. The number of anilines is 1. The number of ketones is 1. The molecule has 8 heteroatoms. The van der Waals surface area contributed by atoms with E-state index < -0.39 is 5.97 Å². The second-order valence-electron chi connectivity index (χ2n) is 5.67. The second-order valence-corrected chi connectivity index (χ2v) is 6.53. The number of nitrogens with one attached hydrogen (secondary N) is 1. The summed E-state index contributed by atoms with van der Waals surface area (Å²) in [5.41, 5.74) is 1.00. The van der Waals surface area contributed by atoms with E-state index in [2.05, 4.69) is 10.3 Å². The van der Waals surface area contributed by atoms with Crippen LogP contribution in [0.3, 0.4) is 0 Å². The van der Waals surface area contributed by atoms with Crippen LogP contribution in [0.4, 0.5) is 5.13 Å². The van der Waals surface area contributed by atoms with Crippen molar-refractivity contribution in [2.24, 2.45) is 13.0 Å². The van der Waals surface area contributed by atoms with Crippen LogP contribution in [0.15, 0.2) is 23.7 Å². The predicted octanol–water partition coefficient (Wildman–Crippen LogP) is 1.80. The van der Waals surface area contributed by atoms with Crippen LogP contribution >= 0.6 is 11.3 Å². The summed E-state index contributed by atoms with van der Waals surface area (Å²) in [6, 6.07) is 3.42. The van der Waals surface area contributed by atoms with Crippen molar-refractivity contribution in [2.45, 2.75) is 19.3 Å². The minimum Gasteiger partial charge on any atom is -0.457 e. The summed E-state index contributed by atoms with van der Waals surface area (Å²) < 4.78 is 6.67. The summed E-state index contributed by atoms with van der Waals surface area (Å²) in [6.45, 7) is -0.300. The Hall–Kier alpha value is -2.48. The zero-order valence-electron chi connectivity index (χ0n) is 13.2. The van der Waals surface area contributed by atoms with E-state index in [4.69, 9.17) is 4.74 Å². The van der Waals surface area contributed by atoms with E-state index in [0.717, 1.165) is 12.8 Å². The number of hydrogen-bond donors (Lipinski definition) is 1. The Labute approximate surface area is 142 Å². The van der Waals surface area contributed by atoms with Crippen LogP contribution in [0.2, 0.25) is 0 Å². The van der Waals surface area contributed by atoms with Gasteiger partial charge in [0, 0.05) is 24.5 Å². The Morgan fingerprint density at radius 1 is 1.42 bits per heavy atom. The lowest BCUT2D eigenvalue weighted by molar-refractivity contribution is -0.141. The number of Topliss-reactive ketones (excluding diaryl/α,β-unsaturated/α-hetero) is 1. The van der Waals surface area contributed by atoms with Gasteiger partial charge in [-0.15, -0.1) is 11.3 Å². The maximum absolute atomic E-state index is 11.9. The number of aromatic nitrogens is 2. The average Bonchev–Trinajstić information content (AvgIpc) is 3.19. The minimum atomic E-state index is -0.525. The van der Waals surface area contributed by atoms with Gasteiger partial charge in [0.15, 0.2) is 11.7 Å². The van der Waals surface area contributed by atoms with Crippen molar-refractivity contribution in [1.82, 2.24) is 9.55 Å². The number of rotatable bonds is 7. The lowest BCUT2D eigenvalue weighted by Gasteiger charge is -2.04. The van der Waals surface area contributed by atoms with E-state index >= 15 is 0 Å². The van der Waals surface area contributed by atoms with Gasteiger partial charge in [-0.25, -0.2) is 4.98 Å². The van der Waals surface area contributed by atoms with Crippen molar-refractivity contribution in [1.29, 1.82) is 0 Å². The number of ether oxygens (including phenoxy) is 1. The number of esters is 1. The van der Waals surface area contributed by atoms with Crippen LogP contribution in [0.25, 0.3) is 0 Å². The summed E-state index contributed by atoms with van der Waals surface area (Å²) in [7, 11) is 1.75. The highest BCUT2D eigenvalue weighted by atomic mass is 32.1. The maximum atomic E-state index is 11.9. The zero-order chi connectivity index (χ0) is 17.1. The van der Waals surface area contributed by atoms with Crippen LogP contribution in [0.5, 0.6) is 0 Å². The predicted molar refractivity (Wildman–Crippen MR) is 87.9 cm³/mol. The van der Waals surface area contributed by atoms with Crippen LogP contribution in [0.1, 0.15) is 29.0 Å². The molecule has 3 rings (SSSR count). The van der Waals surface area contributed by atoms with Gasteiger partial charge in [-0.05, 0) is 25.0 Å². The number of nitrogens with zero attached hydrogens (tertiary/aromatic N) is 2. The van der Waals surface area contributed by atoms with E-state index in [1.807, 2.05) is 0 Å². The summed E-state index contributed by atoms with van der Waals surface area (Å²) >= 11 is 1.27. The zero-order valence-corrected chi connectivity index (χ0v) is 14.0. The van der Waals surface area contributed by atoms with Gasteiger partial charge < -0.3 is 14.6 Å². The molecule has 1 aliphatic carbocycles. The quantitative estimate of drug-likeness (QED) is 0.609. The molecule has 0 saturated heterocycles. The third kappa shape index (κ3) is 4.08. The normalized spacial score (nSPS) is 13.5. The highest BCUT2D eigenvalue weighted by molar-refractivity contribution is 7.13. The van der Waals surface area contributed by atoms with Crippen molar-refractivity contribution in [3.63, 3.8) is 0 Å². The number of thiazole rings is 1. The van der Waals surface area contributed by atoms with E-state index in [1.54, 1.807) is 35.3 Å². The highest BCUT2D eigenvalue weighted by Crippen LogP contribution is 2.30. The fourth-order valence-electron chi connectivity index (χ4n) is 2.17. The van der Waals surface area contributed by atoms with E-state index in [9.17, 15) is 14.4 Å². The molecule has 0 aliphatic heterocycles. The maximum Gasteiger partial charge on any atom is 0.312 e. The topological polar surface area (TPSA) is 90.3 Å². The Balaban J connectivity index is 1.46. The largest absolute Gasteiger partial charge is 0.457 e. The first-order chi connectivity index (χ1) is 11.5. The third-order valence-corrected chi connectivity index (χ3v) is 4.46. The summed E-state index contributed by atoms with van der Waals surface area (Å²) in [5.74, 6) is -0.702. The molecule has 0 atom stereocenters. The smallest absolute Gasteiger partial charge is 0.312 e. The van der Waals surface area contributed by atoms with E-state index in [1.165, 1.54) is 11.3 Å². The molecule has 7 nitrogen and oxygen atoms in total. The molecule has 1 saturated carbocycles. The summed E-state index contributed by atoms with van der Waals surface area (Å²) in [4.78, 5) is 39.6. The van der Waals surface area contributed by atoms with E-state index in [0.29, 0.717) is 16.5 Å². The SMILES string of the molecule is Cn1cccc1C(=O)COC(=O)Cc1csc(NC(=O)C2CC2)n1. The highest BCUT2D eigenvalue weighted by Gasteiger charge is 2.30. The van der Waals surface area contributed by atoms with Crippen LogP contribution in [-0.4, -0.2) is 33.8 Å². The molecule has 1 amide bonds. The average molecular weight is 347 g/mol. The standard InChI is InChI=1S/C16H17N3O4S/c1-19-6-2-3-12(19)13(20)8-23-14(21)7-11-9-24-16(17-11)18-15(22)10-4-5-10/h2-3,6,9-10H,4-5,7-8H2,1H3,(H,17,18,22). The summed E-state index contributed by atoms with van der Waals surface area (Å²) in [5, 5.41) is 4.91. The fraction of sp³-hybridized carbons (Fsp3) is 0.375. The molecule has 2 aromatic rings. The van der Waals surface area contributed by atoms with Gasteiger partial charge in [0.2, 0.25) is 11.7 Å². The molecule has 126 valence electrons. The van der Waals surface area contributed by atoms with E-state index in [-0.39, 0.29) is 30.6 Å². The molecule has 24 heavy (non-hydrogen) atoms. The first kappa shape index (κ1) is 16.4. The lowest BCUT2D eigenvalue weighted by Crippen LogP contribution is -2.17. The van der Waals surface area contributed by atoms with Crippen molar-refractivity contribution >= 4 is 34.1 Å². The lowest BCUT2D eigenvalue weighted by atomic mass is 10.3. The molecular weight excluding hydrogens is 330 g/mol. The van der Waals surface area contributed by atoms with Crippen LogP contribution in [0, 0.1) is 5.92 Å². The van der Waals surface area contributed by atoms with Gasteiger partial charge in [0.05, 0.1) is 17.8 Å². The van der Waals surface area contributed by atoms with Crippen molar-refractivity contribution < 1.29 is 19.1 Å². The molecule has 0 aromatic carbocycles. The van der Waals surface area contributed by atoms with Gasteiger partial charge >= 0.3 is 5.97 Å². The Kier molecular flexibility index (Phi) is 4.75. The Morgan fingerprint density at radius 3 is 2.88 bits per heavy atom. The number of carbonyl (C=O) groups is 3. The van der Waals surface area contributed by atoms with Gasteiger partial charge in [0.25, 0.3) is 0 Å². The first-order valence-electron chi connectivity index (χ1n) is 7.58. The molecule has 2 heterocycles. The van der Waals surface area contributed by atoms with Crippen molar-refractivity contribution in [3.8, 4) is 0 Å². The van der Waals surface area contributed by atoms with Gasteiger partial charge in [-0.2, -0.15) is 0 Å². The molecule has 1 fully saturated rings. The molecule has 0 spiro atoms. The number of aryl methyl sites for hydroxylation is 1. The van der Waals surface area contributed by atoms with Crippen LogP contribution in [-0.2, 0) is 27.8 Å². The van der Waals surface area contributed by atoms with Gasteiger partial charge in [-0.1, -0.05) is 0 Å². The second kappa shape index (κ2) is 6.96. The van der Waals surface area contributed by atoms with Gasteiger partial charge in [-0.3, -0.25) is 14.4 Å². The number of carbonyl (C=O) groups excluding carboxylic acids is 3. The first-order valence-corrected chi connectivity index (χ1v) is 8.46. The molecule has 0 bridgehead atoms. The fourth-order valence-corrected chi connectivity index (χ4v) is 2.88.